The second kappa shape index (κ2) is 7.76. The van der Waals surface area contributed by atoms with Gasteiger partial charge < -0.3 is 24.8 Å². The van der Waals surface area contributed by atoms with Gasteiger partial charge in [0.05, 0.1) is 27.9 Å². The monoisotopic (exact) mass is 344 g/mol. The van der Waals surface area contributed by atoms with E-state index in [0.29, 0.717) is 6.04 Å². The number of rotatable bonds is 6. The Morgan fingerprint density at radius 1 is 1.00 bits per heavy atom. The number of benzene rings is 2. The van der Waals surface area contributed by atoms with Gasteiger partial charge in [0.2, 0.25) is 0 Å². The zero-order valence-corrected chi connectivity index (χ0v) is 15.3. The lowest BCUT2D eigenvalue weighted by atomic mass is 9.91. The topological polar surface area (TPSA) is 59.8 Å². The van der Waals surface area contributed by atoms with Crippen molar-refractivity contribution in [2.45, 2.75) is 19.0 Å². The molecule has 5 nitrogen and oxygen atoms in total. The molecule has 2 aromatic rings. The van der Waals surface area contributed by atoms with Crippen LogP contribution in [0.25, 0.3) is 0 Å². The summed E-state index contributed by atoms with van der Waals surface area (Å²) in [6.45, 7) is 2.93. The molecular weight excluding hydrogens is 316 g/mol. The molecule has 25 heavy (non-hydrogen) atoms. The Hall–Kier alpha value is -2.24. The van der Waals surface area contributed by atoms with Gasteiger partial charge in [-0.05, 0) is 42.0 Å². The number of hydrogen-bond acceptors (Lipinski definition) is 3. The van der Waals surface area contributed by atoms with Crippen molar-refractivity contribution in [2.24, 2.45) is 0 Å². The Balaban J connectivity index is 1.86. The lowest BCUT2D eigenvalue weighted by molar-refractivity contribution is -0.952. The molecule has 2 aromatic carbocycles. The molecule has 2 atom stereocenters. The smallest absolute Gasteiger partial charge is 0.163 e. The van der Waals surface area contributed by atoms with Crippen LogP contribution in [0.4, 0.5) is 0 Å². The molecule has 0 spiro atoms. The third-order valence-electron chi connectivity index (χ3n) is 5.11. The molecule has 0 radical (unpaired) electrons. The fraction of sp³-hybridized carbons (Fsp3) is 0.400. The van der Waals surface area contributed by atoms with Crippen LogP contribution in [-0.4, -0.2) is 34.4 Å². The Kier molecular flexibility index (Phi) is 5.46. The van der Waals surface area contributed by atoms with Crippen LogP contribution in [0.1, 0.15) is 22.7 Å². The van der Waals surface area contributed by atoms with Crippen molar-refractivity contribution in [3.8, 4) is 17.2 Å². The standard InChI is InChI=1S/C20H26N2O3/c1-23-16-6-4-14(5-7-16)13-22-9-8-15-10-19(24-2)20(25-3)11-17(15)18(22)12-21/h4-7,10-11,18H,8-9,12-13,21H2,1-3H3/p+2/t18-/m0/s1. The molecule has 0 bridgehead atoms. The molecule has 5 heteroatoms. The maximum atomic E-state index is 5.51. The first kappa shape index (κ1) is 17.6. The van der Waals surface area contributed by atoms with Crippen molar-refractivity contribution in [3.63, 3.8) is 0 Å². The van der Waals surface area contributed by atoms with E-state index in [2.05, 4.69) is 30.0 Å². The van der Waals surface area contributed by atoms with Crippen molar-refractivity contribution >= 4 is 0 Å². The number of ether oxygens (including phenoxy) is 3. The normalized spacial score (nSPS) is 19.2. The van der Waals surface area contributed by atoms with Gasteiger partial charge in [0.15, 0.2) is 17.5 Å². The number of nitrogens with one attached hydrogen (secondary N) is 1. The number of hydrogen-bond donors (Lipinski definition) is 2. The lowest BCUT2D eigenvalue weighted by Crippen LogP contribution is -3.13. The minimum absolute atomic E-state index is 0.366. The van der Waals surface area contributed by atoms with Crippen molar-refractivity contribution in [1.29, 1.82) is 0 Å². The second-order valence-electron chi connectivity index (χ2n) is 6.43. The molecule has 134 valence electrons. The third-order valence-corrected chi connectivity index (χ3v) is 5.11. The van der Waals surface area contributed by atoms with E-state index in [1.54, 1.807) is 26.2 Å². The SMILES string of the molecule is COc1ccc(C[NH+]2CCc3cc(OC)c(OC)cc3[C@@H]2C[NH3+])cc1. The van der Waals surface area contributed by atoms with Crippen LogP contribution in [-0.2, 0) is 13.0 Å². The fourth-order valence-electron chi connectivity index (χ4n) is 3.74. The molecule has 1 aliphatic rings. The molecule has 0 aliphatic carbocycles. The zero-order chi connectivity index (χ0) is 17.8. The van der Waals surface area contributed by atoms with Gasteiger partial charge in [0.1, 0.15) is 18.8 Å². The highest BCUT2D eigenvalue weighted by atomic mass is 16.5. The van der Waals surface area contributed by atoms with E-state index in [1.165, 1.54) is 16.7 Å². The van der Waals surface area contributed by atoms with Gasteiger partial charge in [0.25, 0.3) is 0 Å². The summed E-state index contributed by atoms with van der Waals surface area (Å²) in [5, 5.41) is 0. The van der Waals surface area contributed by atoms with Crippen LogP contribution in [0.2, 0.25) is 0 Å². The molecule has 0 amide bonds. The molecule has 0 aromatic heterocycles. The fourth-order valence-corrected chi connectivity index (χ4v) is 3.74. The van der Waals surface area contributed by atoms with Gasteiger partial charge >= 0.3 is 0 Å². The minimum atomic E-state index is 0.366. The van der Waals surface area contributed by atoms with Crippen molar-refractivity contribution in [1.82, 2.24) is 0 Å². The molecule has 0 saturated carbocycles. The zero-order valence-electron chi connectivity index (χ0n) is 15.3. The van der Waals surface area contributed by atoms with Gasteiger partial charge in [-0.25, -0.2) is 0 Å². The maximum Gasteiger partial charge on any atom is 0.163 e. The Bertz CT molecular complexity index is 716. The first-order valence-corrected chi connectivity index (χ1v) is 8.71. The summed E-state index contributed by atoms with van der Waals surface area (Å²) in [4.78, 5) is 1.54. The van der Waals surface area contributed by atoms with Crippen LogP contribution in [0.5, 0.6) is 17.2 Å². The Morgan fingerprint density at radius 3 is 2.28 bits per heavy atom. The van der Waals surface area contributed by atoms with Crippen LogP contribution >= 0.6 is 0 Å². The van der Waals surface area contributed by atoms with Gasteiger partial charge in [-0.3, -0.25) is 0 Å². The maximum absolute atomic E-state index is 5.51. The lowest BCUT2D eigenvalue weighted by Gasteiger charge is -2.33. The van der Waals surface area contributed by atoms with E-state index >= 15 is 0 Å². The van der Waals surface area contributed by atoms with Crippen molar-refractivity contribution in [3.05, 3.63) is 53.1 Å². The summed E-state index contributed by atoms with van der Waals surface area (Å²) in [6.07, 6.45) is 1.04. The molecule has 1 aliphatic heterocycles. The summed E-state index contributed by atoms with van der Waals surface area (Å²) in [6, 6.07) is 13.0. The highest BCUT2D eigenvalue weighted by Gasteiger charge is 2.32. The molecular formula is C20H28N2O3+2. The molecule has 1 heterocycles. The summed E-state index contributed by atoms with van der Waals surface area (Å²) in [5.74, 6) is 2.50. The summed E-state index contributed by atoms with van der Waals surface area (Å²) >= 11 is 0. The average molecular weight is 344 g/mol. The highest BCUT2D eigenvalue weighted by molar-refractivity contribution is 5.48. The molecule has 4 N–H and O–H groups in total. The van der Waals surface area contributed by atoms with Crippen LogP contribution < -0.4 is 24.8 Å². The van der Waals surface area contributed by atoms with Gasteiger partial charge in [-0.1, -0.05) is 0 Å². The predicted octanol–water partition coefficient (Wildman–Crippen LogP) is 0.637. The quantitative estimate of drug-likeness (QED) is 0.808. The van der Waals surface area contributed by atoms with E-state index in [9.17, 15) is 0 Å². The van der Waals surface area contributed by atoms with Gasteiger partial charge in [0, 0.05) is 17.5 Å². The first-order valence-electron chi connectivity index (χ1n) is 8.71. The number of fused-ring (bicyclic) bond motifs is 1. The van der Waals surface area contributed by atoms with E-state index < -0.39 is 0 Å². The third kappa shape index (κ3) is 3.57. The Labute approximate surface area is 149 Å². The number of quaternary nitrogens is 2. The summed E-state index contributed by atoms with van der Waals surface area (Å²) < 4.78 is 16.2. The van der Waals surface area contributed by atoms with E-state index in [-0.39, 0.29) is 0 Å². The van der Waals surface area contributed by atoms with E-state index in [4.69, 9.17) is 14.2 Å². The van der Waals surface area contributed by atoms with Crippen LogP contribution in [0, 0.1) is 0 Å². The Morgan fingerprint density at radius 2 is 1.68 bits per heavy atom. The predicted molar refractivity (Wildman–Crippen MR) is 96.3 cm³/mol. The molecule has 0 saturated heterocycles. The number of methoxy groups -OCH3 is 3. The average Bonchev–Trinajstić information content (AvgIpc) is 2.67. The molecule has 1 unspecified atom stereocenters. The molecule has 3 rings (SSSR count). The van der Waals surface area contributed by atoms with Crippen molar-refractivity contribution in [2.75, 3.05) is 34.4 Å². The van der Waals surface area contributed by atoms with Gasteiger partial charge in [-0.2, -0.15) is 0 Å². The second-order valence-corrected chi connectivity index (χ2v) is 6.43. The molecule has 0 fully saturated rings. The van der Waals surface area contributed by atoms with E-state index in [1.807, 2.05) is 12.1 Å². The highest BCUT2D eigenvalue weighted by Crippen LogP contribution is 2.33. The minimum Gasteiger partial charge on any atom is -0.497 e. The van der Waals surface area contributed by atoms with Gasteiger partial charge in [-0.15, -0.1) is 0 Å². The van der Waals surface area contributed by atoms with E-state index in [0.717, 1.165) is 43.3 Å². The summed E-state index contributed by atoms with van der Waals surface area (Å²) in [7, 11) is 5.07. The van der Waals surface area contributed by atoms with Crippen LogP contribution in [0.3, 0.4) is 0 Å². The van der Waals surface area contributed by atoms with Crippen LogP contribution in [0.15, 0.2) is 36.4 Å². The largest absolute Gasteiger partial charge is 0.497 e. The summed E-state index contributed by atoms with van der Waals surface area (Å²) in [5.41, 5.74) is 8.22. The van der Waals surface area contributed by atoms with Crippen molar-refractivity contribution < 1.29 is 24.8 Å². The first-order chi connectivity index (χ1) is 12.2.